The van der Waals surface area contributed by atoms with Gasteiger partial charge < -0.3 is 9.94 Å². The molecule has 0 saturated heterocycles. The van der Waals surface area contributed by atoms with Crippen LogP contribution in [0, 0.1) is 5.21 Å². The van der Waals surface area contributed by atoms with E-state index in [1.54, 1.807) is 6.07 Å². The van der Waals surface area contributed by atoms with Crippen molar-refractivity contribution in [1.29, 1.82) is 0 Å². The number of aromatic nitrogens is 2. The number of nitrogens with zero attached hydrogens (tertiary/aromatic N) is 2. The summed E-state index contributed by atoms with van der Waals surface area (Å²) in [5, 5.41) is 14.2. The van der Waals surface area contributed by atoms with Gasteiger partial charge in [0.25, 0.3) is 0 Å². The second kappa shape index (κ2) is 4.41. The molecular weight excluding hydrogens is 192 g/mol. The van der Waals surface area contributed by atoms with Gasteiger partial charge in [0, 0.05) is 11.2 Å². The first-order valence-corrected chi connectivity index (χ1v) is 4.57. The van der Waals surface area contributed by atoms with Gasteiger partial charge in [-0.2, -0.15) is 0 Å². The number of hydrogen-bond acceptors (Lipinski definition) is 3. The van der Waals surface area contributed by atoms with Gasteiger partial charge in [0.1, 0.15) is 18.6 Å². The third kappa shape index (κ3) is 2.67. The lowest BCUT2D eigenvalue weighted by atomic mass is 10.2. The van der Waals surface area contributed by atoms with Crippen molar-refractivity contribution in [2.75, 3.05) is 0 Å². The van der Waals surface area contributed by atoms with Crippen LogP contribution in [0.1, 0.15) is 5.56 Å². The minimum atomic E-state index is 0.478. The molecular formula is C11H10N2O2. The van der Waals surface area contributed by atoms with Crippen LogP contribution >= 0.6 is 0 Å². The molecule has 15 heavy (non-hydrogen) atoms. The fraction of sp³-hybridized carbons (Fsp3) is 0.0909. The molecule has 0 aliphatic carbocycles. The molecule has 0 radical (unpaired) electrons. The molecule has 0 aliphatic rings. The van der Waals surface area contributed by atoms with E-state index in [2.05, 4.69) is 5.10 Å². The van der Waals surface area contributed by atoms with Crippen molar-refractivity contribution in [1.82, 2.24) is 5.10 Å². The monoisotopic (exact) mass is 202 g/mol. The standard InChI is InChI=1S/C11H10N2O2/c14-13-7-6-11(8-12-13)15-9-10-4-2-1-3-5-10/h1-8H,9H2. The van der Waals surface area contributed by atoms with Gasteiger partial charge in [-0.05, 0) is 5.56 Å². The normalized spacial score (nSPS) is 9.87. The highest BCUT2D eigenvalue weighted by Gasteiger charge is 1.97. The van der Waals surface area contributed by atoms with Crippen LogP contribution in [0.25, 0.3) is 0 Å². The van der Waals surface area contributed by atoms with Gasteiger partial charge in [0.2, 0.25) is 6.20 Å². The smallest absolute Gasteiger partial charge is 0.213 e. The number of hydrogen-bond donors (Lipinski definition) is 0. The maximum Gasteiger partial charge on any atom is 0.213 e. The van der Waals surface area contributed by atoms with Crippen molar-refractivity contribution in [3.63, 3.8) is 0 Å². The Morgan fingerprint density at radius 3 is 2.67 bits per heavy atom. The Balaban J connectivity index is 1.96. The van der Waals surface area contributed by atoms with Crippen molar-refractivity contribution in [3.05, 3.63) is 59.6 Å². The van der Waals surface area contributed by atoms with Crippen LogP contribution in [0.4, 0.5) is 0 Å². The zero-order valence-corrected chi connectivity index (χ0v) is 8.04. The van der Waals surface area contributed by atoms with Crippen LogP contribution < -0.4 is 9.58 Å². The number of ether oxygens (including phenoxy) is 1. The number of rotatable bonds is 3. The first kappa shape index (κ1) is 9.45. The first-order valence-electron chi connectivity index (χ1n) is 4.57. The second-order valence-electron chi connectivity index (χ2n) is 3.04. The van der Waals surface area contributed by atoms with E-state index in [9.17, 15) is 5.21 Å². The average molecular weight is 202 g/mol. The van der Waals surface area contributed by atoms with Gasteiger partial charge in [0.05, 0.1) is 0 Å². The maximum atomic E-state index is 10.6. The molecule has 0 saturated carbocycles. The molecule has 4 heteroatoms. The van der Waals surface area contributed by atoms with Gasteiger partial charge in [-0.25, -0.2) is 0 Å². The van der Waals surface area contributed by atoms with Crippen molar-refractivity contribution in [2.24, 2.45) is 0 Å². The third-order valence-electron chi connectivity index (χ3n) is 1.91. The summed E-state index contributed by atoms with van der Waals surface area (Å²) in [6.07, 6.45) is 2.70. The summed E-state index contributed by atoms with van der Waals surface area (Å²) in [7, 11) is 0. The number of benzene rings is 1. The molecule has 1 aromatic carbocycles. The Kier molecular flexibility index (Phi) is 2.78. The van der Waals surface area contributed by atoms with Crippen LogP contribution in [-0.4, -0.2) is 5.10 Å². The van der Waals surface area contributed by atoms with E-state index in [1.165, 1.54) is 12.4 Å². The zero-order chi connectivity index (χ0) is 10.5. The fourth-order valence-corrected chi connectivity index (χ4v) is 1.16. The minimum Gasteiger partial charge on any atom is -0.594 e. The van der Waals surface area contributed by atoms with E-state index in [0.717, 1.165) is 5.56 Å². The van der Waals surface area contributed by atoms with Gasteiger partial charge in [-0.15, -0.1) is 0 Å². The summed E-state index contributed by atoms with van der Waals surface area (Å²) in [5.41, 5.74) is 1.08. The second-order valence-corrected chi connectivity index (χ2v) is 3.04. The molecule has 76 valence electrons. The molecule has 0 amide bonds. The van der Waals surface area contributed by atoms with Gasteiger partial charge in [0.15, 0.2) is 0 Å². The maximum absolute atomic E-state index is 10.6. The molecule has 1 aromatic heterocycles. The van der Waals surface area contributed by atoms with E-state index in [4.69, 9.17) is 4.74 Å². The van der Waals surface area contributed by atoms with Gasteiger partial charge in [-0.3, -0.25) is 0 Å². The quantitative estimate of drug-likeness (QED) is 0.556. The molecule has 0 bridgehead atoms. The van der Waals surface area contributed by atoms with Crippen LogP contribution in [0.15, 0.2) is 48.8 Å². The lowest BCUT2D eigenvalue weighted by molar-refractivity contribution is -0.669. The summed E-state index contributed by atoms with van der Waals surface area (Å²) in [5.74, 6) is 0.589. The average Bonchev–Trinajstić information content (AvgIpc) is 2.30. The summed E-state index contributed by atoms with van der Waals surface area (Å²) in [6, 6.07) is 11.4. The summed E-state index contributed by atoms with van der Waals surface area (Å²) in [6.45, 7) is 0.478. The molecule has 1 heterocycles. The molecule has 2 aromatic rings. The van der Waals surface area contributed by atoms with E-state index in [0.29, 0.717) is 17.2 Å². The minimum absolute atomic E-state index is 0.478. The SMILES string of the molecule is [O-][n+]1ccc(OCc2ccccc2)cn1. The van der Waals surface area contributed by atoms with Crippen molar-refractivity contribution in [3.8, 4) is 5.75 Å². The zero-order valence-electron chi connectivity index (χ0n) is 8.04. The van der Waals surface area contributed by atoms with E-state index >= 15 is 0 Å². The largest absolute Gasteiger partial charge is 0.594 e. The van der Waals surface area contributed by atoms with Gasteiger partial charge >= 0.3 is 0 Å². The molecule has 0 N–H and O–H groups in total. The van der Waals surface area contributed by atoms with Crippen LogP contribution in [0.2, 0.25) is 0 Å². The third-order valence-corrected chi connectivity index (χ3v) is 1.91. The highest BCUT2D eigenvalue weighted by atomic mass is 16.5. The van der Waals surface area contributed by atoms with Gasteiger partial charge in [-0.1, -0.05) is 35.2 Å². The van der Waals surface area contributed by atoms with Crippen LogP contribution in [0.3, 0.4) is 0 Å². The Morgan fingerprint density at radius 1 is 1.20 bits per heavy atom. The highest BCUT2D eigenvalue weighted by molar-refractivity contribution is 5.16. The van der Waals surface area contributed by atoms with Crippen molar-refractivity contribution >= 4 is 0 Å². The molecule has 2 rings (SSSR count). The topological polar surface area (TPSA) is 49.1 Å². The molecule has 0 atom stereocenters. The molecule has 0 aliphatic heterocycles. The summed E-state index contributed by atoms with van der Waals surface area (Å²) in [4.78, 5) is 0.482. The summed E-state index contributed by atoms with van der Waals surface area (Å²) >= 11 is 0. The van der Waals surface area contributed by atoms with E-state index in [-0.39, 0.29) is 0 Å². The predicted molar refractivity (Wildman–Crippen MR) is 54.0 cm³/mol. The highest BCUT2D eigenvalue weighted by Crippen LogP contribution is 2.08. The van der Waals surface area contributed by atoms with E-state index < -0.39 is 0 Å². The van der Waals surface area contributed by atoms with E-state index in [1.807, 2.05) is 30.3 Å². The van der Waals surface area contributed by atoms with Crippen molar-refractivity contribution < 1.29 is 9.58 Å². The fourth-order valence-electron chi connectivity index (χ4n) is 1.16. The molecule has 4 nitrogen and oxygen atoms in total. The Bertz CT molecular complexity index is 414. The lowest BCUT2D eigenvalue weighted by Crippen LogP contribution is -2.29. The Morgan fingerprint density at radius 2 is 2.00 bits per heavy atom. The molecule has 0 spiro atoms. The lowest BCUT2D eigenvalue weighted by Gasteiger charge is -2.04. The first-order chi connectivity index (χ1) is 7.34. The molecule has 0 unspecified atom stereocenters. The van der Waals surface area contributed by atoms with Crippen molar-refractivity contribution in [2.45, 2.75) is 6.61 Å². The predicted octanol–water partition coefficient (Wildman–Crippen LogP) is 1.29. The van der Waals surface area contributed by atoms with Crippen LogP contribution in [-0.2, 0) is 6.61 Å². The Hall–Kier alpha value is -2.10. The van der Waals surface area contributed by atoms with Crippen LogP contribution in [0.5, 0.6) is 5.75 Å². The molecule has 0 fully saturated rings. The Labute approximate surface area is 87.3 Å². The summed E-state index contributed by atoms with van der Waals surface area (Å²) < 4.78 is 5.43.